The second-order valence-electron chi connectivity index (χ2n) is 7.46. The molecule has 0 saturated carbocycles. The van der Waals surface area contributed by atoms with E-state index in [1.165, 1.54) is 0 Å². The number of benzene rings is 3. The Hall–Kier alpha value is -3.31. The summed E-state index contributed by atoms with van der Waals surface area (Å²) < 4.78 is 11.8. The topological polar surface area (TPSA) is 38.8 Å². The van der Waals surface area contributed by atoms with Crippen molar-refractivity contribution in [2.24, 2.45) is 0 Å². The van der Waals surface area contributed by atoms with Gasteiger partial charge >= 0.3 is 0 Å². The third-order valence-electron chi connectivity index (χ3n) is 5.66. The smallest absolute Gasteiger partial charge is 0.254 e. The van der Waals surface area contributed by atoms with Crippen LogP contribution in [0.2, 0.25) is 0 Å². The molecule has 3 aromatic rings. The maximum atomic E-state index is 13.5. The van der Waals surface area contributed by atoms with Crippen LogP contribution in [0, 0.1) is 0 Å². The van der Waals surface area contributed by atoms with Crippen LogP contribution in [0.15, 0.2) is 95.5 Å². The number of ether oxygens (including phenoxy) is 2. The number of hydrogen-bond acceptors (Lipinski definition) is 3. The fourth-order valence-corrected chi connectivity index (χ4v) is 4.58. The van der Waals surface area contributed by atoms with Crippen molar-refractivity contribution in [2.45, 2.75) is 6.04 Å². The van der Waals surface area contributed by atoms with E-state index in [2.05, 4.69) is 28.6 Å². The monoisotopic (exact) mass is 489 g/mol. The molecule has 0 aromatic heterocycles. The first-order valence-corrected chi connectivity index (χ1v) is 11.1. The standard InChI is InChI=1S/C27H24BrNO3/c1-18(19-10-6-4-7-11-19)21-14-15-29(27(30)20-12-8-5-9-13-20)26(21)22-16-24(31-2)25(32-3)17-23(22)28/h4-14,16-17,26H,1,15H2,2-3H3. The summed E-state index contributed by atoms with van der Waals surface area (Å²) in [5, 5.41) is 0. The molecule has 3 aromatic carbocycles. The molecule has 1 heterocycles. The Kier molecular flexibility index (Phi) is 6.47. The lowest BCUT2D eigenvalue weighted by Crippen LogP contribution is -2.32. The molecule has 1 aliphatic heterocycles. The molecule has 1 atom stereocenters. The van der Waals surface area contributed by atoms with Crippen molar-refractivity contribution in [3.63, 3.8) is 0 Å². The number of halogens is 1. The van der Waals surface area contributed by atoms with Crippen LogP contribution in [0.3, 0.4) is 0 Å². The van der Waals surface area contributed by atoms with Crippen LogP contribution in [0.1, 0.15) is 27.5 Å². The van der Waals surface area contributed by atoms with Gasteiger partial charge in [0.25, 0.3) is 5.91 Å². The van der Waals surface area contributed by atoms with Crippen LogP contribution in [-0.4, -0.2) is 31.6 Å². The predicted molar refractivity (Wildman–Crippen MR) is 131 cm³/mol. The summed E-state index contributed by atoms with van der Waals surface area (Å²) >= 11 is 3.70. The highest BCUT2D eigenvalue weighted by atomic mass is 79.9. The number of rotatable bonds is 6. The van der Waals surface area contributed by atoms with Crippen LogP contribution >= 0.6 is 15.9 Å². The average Bonchev–Trinajstić information content (AvgIpc) is 3.28. The molecule has 0 radical (unpaired) electrons. The number of carbonyl (C=O) groups excluding carboxylic acids is 1. The van der Waals surface area contributed by atoms with Gasteiger partial charge in [0, 0.05) is 16.6 Å². The largest absolute Gasteiger partial charge is 0.493 e. The molecule has 0 aliphatic carbocycles. The summed E-state index contributed by atoms with van der Waals surface area (Å²) in [6.07, 6.45) is 2.09. The van der Waals surface area contributed by atoms with E-state index in [9.17, 15) is 4.79 Å². The maximum Gasteiger partial charge on any atom is 0.254 e. The van der Waals surface area contributed by atoms with Gasteiger partial charge in [-0.15, -0.1) is 0 Å². The number of nitrogens with zero attached hydrogens (tertiary/aromatic N) is 1. The molecule has 1 aliphatic rings. The Morgan fingerprint density at radius 1 is 0.938 bits per heavy atom. The second-order valence-corrected chi connectivity index (χ2v) is 8.31. The third-order valence-corrected chi connectivity index (χ3v) is 6.35. The lowest BCUT2D eigenvalue weighted by Gasteiger charge is -2.30. The number of methoxy groups -OCH3 is 2. The number of amides is 1. The van der Waals surface area contributed by atoms with E-state index in [1.54, 1.807) is 14.2 Å². The van der Waals surface area contributed by atoms with Gasteiger partial charge in [-0.1, -0.05) is 77.1 Å². The van der Waals surface area contributed by atoms with Gasteiger partial charge in [-0.2, -0.15) is 0 Å². The average molecular weight is 490 g/mol. The lowest BCUT2D eigenvalue weighted by atomic mass is 9.90. The molecule has 5 heteroatoms. The molecule has 1 unspecified atom stereocenters. The van der Waals surface area contributed by atoms with E-state index < -0.39 is 0 Å². The van der Waals surface area contributed by atoms with E-state index in [1.807, 2.05) is 77.7 Å². The zero-order valence-electron chi connectivity index (χ0n) is 18.0. The highest BCUT2D eigenvalue weighted by Crippen LogP contribution is 2.46. The fraction of sp³-hybridized carbons (Fsp3) is 0.148. The Morgan fingerprint density at radius 2 is 1.50 bits per heavy atom. The fourth-order valence-electron chi connectivity index (χ4n) is 4.04. The van der Waals surface area contributed by atoms with Gasteiger partial charge in [-0.25, -0.2) is 0 Å². The third kappa shape index (κ3) is 4.08. The molecule has 0 N–H and O–H groups in total. The normalized spacial score (nSPS) is 15.3. The Bertz CT molecular complexity index is 1170. The molecule has 0 bridgehead atoms. The van der Waals surface area contributed by atoms with Crippen molar-refractivity contribution in [3.8, 4) is 11.5 Å². The number of carbonyl (C=O) groups is 1. The van der Waals surface area contributed by atoms with Crippen molar-refractivity contribution in [1.29, 1.82) is 0 Å². The van der Waals surface area contributed by atoms with Crippen LogP contribution < -0.4 is 9.47 Å². The minimum Gasteiger partial charge on any atom is -0.493 e. The second kappa shape index (κ2) is 9.45. The first kappa shape index (κ1) is 21.9. The maximum absolute atomic E-state index is 13.5. The van der Waals surface area contributed by atoms with Gasteiger partial charge in [-0.3, -0.25) is 4.79 Å². The van der Waals surface area contributed by atoms with Gasteiger partial charge in [0.1, 0.15) is 0 Å². The molecule has 32 heavy (non-hydrogen) atoms. The number of hydrogen-bond donors (Lipinski definition) is 0. The van der Waals surface area contributed by atoms with Crippen molar-refractivity contribution < 1.29 is 14.3 Å². The summed E-state index contributed by atoms with van der Waals surface area (Å²) in [5.41, 5.74) is 4.46. The van der Waals surface area contributed by atoms with Crippen molar-refractivity contribution in [2.75, 3.05) is 20.8 Å². The molecule has 0 saturated heterocycles. The molecule has 0 fully saturated rings. The molecule has 1 amide bonds. The van der Waals surface area contributed by atoms with Gasteiger partial charge in [-0.05, 0) is 46.5 Å². The van der Waals surface area contributed by atoms with E-state index in [-0.39, 0.29) is 11.9 Å². The molecule has 0 spiro atoms. The zero-order chi connectivity index (χ0) is 22.7. The van der Waals surface area contributed by atoms with E-state index in [0.717, 1.165) is 26.7 Å². The molecular weight excluding hydrogens is 466 g/mol. The summed E-state index contributed by atoms with van der Waals surface area (Å²) in [6, 6.07) is 22.8. The summed E-state index contributed by atoms with van der Waals surface area (Å²) in [6.45, 7) is 4.86. The summed E-state index contributed by atoms with van der Waals surface area (Å²) in [4.78, 5) is 15.4. The van der Waals surface area contributed by atoms with E-state index in [0.29, 0.717) is 23.6 Å². The Morgan fingerprint density at radius 3 is 2.09 bits per heavy atom. The predicted octanol–water partition coefficient (Wildman–Crippen LogP) is 6.30. The lowest BCUT2D eigenvalue weighted by molar-refractivity contribution is 0.0746. The van der Waals surface area contributed by atoms with Gasteiger partial charge in [0.2, 0.25) is 0 Å². The van der Waals surface area contributed by atoms with Crippen molar-refractivity contribution in [3.05, 3.63) is 112 Å². The van der Waals surface area contributed by atoms with Crippen molar-refractivity contribution >= 4 is 27.4 Å². The van der Waals surface area contributed by atoms with Crippen molar-refractivity contribution in [1.82, 2.24) is 4.90 Å². The van der Waals surface area contributed by atoms with Crippen LogP contribution in [-0.2, 0) is 0 Å². The zero-order valence-corrected chi connectivity index (χ0v) is 19.6. The molecule has 162 valence electrons. The Balaban J connectivity index is 1.82. The molecule has 4 rings (SSSR count). The van der Waals surface area contributed by atoms with E-state index >= 15 is 0 Å². The molecular formula is C27H24BrNO3. The van der Waals surface area contributed by atoms with Gasteiger partial charge in [0.15, 0.2) is 11.5 Å². The van der Waals surface area contributed by atoms with Crippen LogP contribution in [0.5, 0.6) is 11.5 Å². The van der Waals surface area contributed by atoms with Gasteiger partial charge < -0.3 is 14.4 Å². The minimum atomic E-state index is -0.329. The van der Waals surface area contributed by atoms with Gasteiger partial charge in [0.05, 0.1) is 20.3 Å². The van der Waals surface area contributed by atoms with Crippen LogP contribution in [0.25, 0.3) is 5.57 Å². The summed E-state index contributed by atoms with van der Waals surface area (Å²) in [5.74, 6) is 1.19. The summed E-state index contributed by atoms with van der Waals surface area (Å²) in [7, 11) is 3.21. The minimum absolute atomic E-state index is 0.0376. The van der Waals surface area contributed by atoms with E-state index in [4.69, 9.17) is 9.47 Å². The Labute approximate surface area is 196 Å². The first-order valence-electron chi connectivity index (χ1n) is 10.3. The highest BCUT2D eigenvalue weighted by molar-refractivity contribution is 9.10. The first-order chi connectivity index (χ1) is 15.5. The highest BCUT2D eigenvalue weighted by Gasteiger charge is 2.36. The molecule has 4 nitrogen and oxygen atoms in total. The SMILES string of the molecule is C=C(C1=CCN(C(=O)c2ccccc2)C1c1cc(OC)c(OC)cc1Br)c1ccccc1. The van der Waals surface area contributed by atoms with Crippen LogP contribution in [0.4, 0.5) is 0 Å². The quantitative estimate of drug-likeness (QED) is 0.407.